The first-order valence-corrected chi connectivity index (χ1v) is 12.9. The minimum atomic E-state index is -1.00. The molecule has 0 bridgehead atoms. The standard InChI is InChI=1S/C27H34N2O5S/c1-27(2,3)15-23(25(31)32)29(4)24(30)17-35-14-13-28-26(33)34-16-22-20-11-7-5-9-18(20)19-10-6-8-12-21(19)22/h5-12,22-23H,13-17H2,1-4H3,(H,28,33)(H,31,32). The second kappa shape index (κ2) is 11.6. The van der Waals surface area contributed by atoms with Crippen LogP contribution in [0.3, 0.4) is 0 Å². The summed E-state index contributed by atoms with van der Waals surface area (Å²) in [4.78, 5) is 37.6. The molecule has 1 unspecified atom stereocenters. The highest BCUT2D eigenvalue weighted by Gasteiger charge is 2.31. The van der Waals surface area contributed by atoms with Gasteiger partial charge in [0, 0.05) is 25.3 Å². The topological polar surface area (TPSA) is 95.9 Å². The number of aliphatic carboxylic acids is 1. The lowest BCUT2D eigenvalue weighted by molar-refractivity contribution is -0.149. The van der Waals surface area contributed by atoms with Crippen molar-refractivity contribution in [2.45, 2.75) is 39.2 Å². The number of carbonyl (C=O) groups excluding carboxylic acids is 2. The molecular weight excluding hydrogens is 464 g/mol. The highest BCUT2D eigenvalue weighted by Crippen LogP contribution is 2.44. The lowest BCUT2D eigenvalue weighted by Crippen LogP contribution is -2.45. The van der Waals surface area contributed by atoms with Crippen LogP contribution in [0.5, 0.6) is 0 Å². The Kier molecular flexibility index (Phi) is 8.83. The lowest BCUT2D eigenvalue weighted by atomic mass is 9.87. The number of rotatable bonds is 10. The highest BCUT2D eigenvalue weighted by molar-refractivity contribution is 7.99. The Hall–Kier alpha value is -3.00. The van der Waals surface area contributed by atoms with E-state index < -0.39 is 18.1 Å². The van der Waals surface area contributed by atoms with Gasteiger partial charge in [-0.2, -0.15) is 11.8 Å². The van der Waals surface area contributed by atoms with Gasteiger partial charge in [0.1, 0.15) is 12.6 Å². The molecule has 1 aliphatic rings. The molecule has 2 aromatic rings. The van der Waals surface area contributed by atoms with Gasteiger partial charge in [0.05, 0.1) is 5.75 Å². The van der Waals surface area contributed by atoms with Crippen molar-refractivity contribution >= 4 is 29.7 Å². The molecule has 0 saturated heterocycles. The lowest BCUT2D eigenvalue weighted by Gasteiger charge is -2.30. The SMILES string of the molecule is CN(C(=O)CSCCNC(=O)OCC1c2ccccc2-c2ccccc21)C(CC(C)(C)C)C(=O)O. The van der Waals surface area contributed by atoms with Crippen LogP contribution < -0.4 is 5.32 Å². The molecule has 0 radical (unpaired) electrons. The normalized spacial score (nSPS) is 13.5. The number of benzene rings is 2. The average Bonchev–Trinajstić information content (AvgIpc) is 3.13. The van der Waals surface area contributed by atoms with Gasteiger partial charge in [-0.25, -0.2) is 9.59 Å². The van der Waals surface area contributed by atoms with Gasteiger partial charge < -0.3 is 20.1 Å². The van der Waals surface area contributed by atoms with E-state index in [4.69, 9.17) is 4.74 Å². The molecule has 0 heterocycles. The van der Waals surface area contributed by atoms with Crippen molar-refractivity contribution < 1.29 is 24.2 Å². The van der Waals surface area contributed by atoms with Gasteiger partial charge in [0.2, 0.25) is 5.91 Å². The molecule has 2 N–H and O–H groups in total. The van der Waals surface area contributed by atoms with E-state index in [1.165, 1.54) is 34.8 Å². The number of nitrogens with one attached hydrogen (secondary N) is 1. The van der Waals surface area contributed by atoms with Gasteiger partial charge in [-0.15, -0.1) is 0 Å². The zero-order valence-corrected chi connectivity index (χ0v) is 21.6. The van der Waals surface area contributed by atoms with Crippen molar-refractivity contribution in [3.8, 4) is 11.1 Å². The number of thioether (sulfide) groups is 1. The fourth-order valence-corrected chi connectivity index (χ4v) is 5.05. The molecule has 7 nitrogen and oxygen atoms in total. The second-order valence-corrected chi connectivity index (χ2v) is 11.0. The smallest absolute Gasteiger partial charge is 0.407 e. The predicted octanol–water partition coefficient (Wildman–Crippen LogP) is 4.61. The third-order valence-corrected chi connectivity index (χ3v) is 6.98. The molecule has 0 aliphatic heterocycles. The summed E-state index contributed by atoms with van der Waals surface area (Å²) in [6.07, 6.45) is -0.120. The third-order valence-electron chi connectivity index (χ3n) is 6.04. The highest BCUT2D eigenvalue weighted by atomic mass is 32.2. The van der Waals surface area contributed by atoms with E-state index >= 15 is 0 Å². The number of ether oxygens (including phenoxy) is 1. The molecule has 1 aliphatic carbocycles. The zero-order chi connectivity index (χ0) is 25.6. The summed E-state index contributed by atoms with van der Waals surface area (Å²) in [5.41, 5.74) is 4.46. The van der Waals surface area contributed by atoms with E-state index in [0.29, 0.717) is 18.7 Å². The first-order valence-electron chi connectivity index (χ1n) is 11.7. The Labute approximate surface area is 211 Å². The number of carboxylic acids is 1. The maximum Gasteiger partial charge on any atom is 0.407 e. The molecular formula is C27H34N2O5S. The Balaban J connectivity index is 1.40. The number of likely N-dealkylation sites (N-methyl/N-ethyl adjacent to an activating group) is 1. The minimum absolute atomic E-state index is 0.00552. The molecule has 0 aromatic heterocycles. The molecule has 35 heavy (non-hydrogen) atoms. The van der Waals surface area contributed by atoms with Gasteiger partial charge >= 0.3 is 12.1 Å². The minimum Gasteiger partial charge on any atom is -0.480 e. The molecule has 2 amide bonds. The van der Waals surface area contributed by atoms with Crippen LogP contribution in [0.15, 0.2) is 48.5 Å². The first kappa shape index (κ1) is 26.6. The van der Waals surface area contributed by atoms with Crippen LogP contribution in [0.4, 0.5) is 4.79 Å². The number of fused-ring (bicyclic) bond motifs is 3. The summed E-state index contributed by atoms with van der Waals surface area (Å²) >= 11 is 1.35. The Morgan fingerprint density at radius 1 is 1.06 bits per heavy atom. The zero-order valence-electron chi connectivity index (χ0n) is 20.7. The van der Waals surface area contributed by atoms with Crippen molar-refractivity contribution in [2.24, 2.45) is 5.41 Å². The van der Waals surface area contributed by atoms with Gasteiger partial charge in [-0.1, -0.05) is 69.3 Å². The monoisotopic (exact) mass is 498 g/mol. The maximum absolute atomic E-state index is 12.5. The molecule has 0 spiro atoms. The summed E-state index contributed by atoms with van der Waals surface area (Å²) < 4.78 is 5.51. The van der Waals surface area contributed by atoms with E-state index in [2.05, 4.69) is 29.6 Å². The van der Waals surface area contributed by atoms with Crippen molar-refractivity contribution in [2.75, 3.05) is 31.7 Å². The van der Waals surface area contributed by atoms with Gasteiger partial charge in [-0.05, 0) is 34.1 Å². The van der Waals surface area contributed by atoms with Crippen LogP contribution in [0, 0.1) is 5.41 Å². The second-order valence-electron chi connectivity index (χ2n) is 9.93. The van der Waals surface area contributed by atoms with Crippen molar-refractivity contribution in [1.82, 2.24) is 10.2 Å². The Bertz CT molecular complexity index is 1020. The van der Waals surface area contributed by atoms with Crippen LogP contribution in [-0.2, 0) is 14.3 Å². The van der Waals surface area contributed by atoms with Crippen LogP contribution in [0.2, 0.25) is 0 Å². The molecule has 0 saturated carbocycles. The van der Waals surface area contributed by atoms with E-state index in [-0.39, 0.29) is 29.6 Å². The predicted molar refractivity (Wildman–Crippen MR) is 139 cm³/mol. The van der Waals surface area contributed by atoms with Crippen molar-refractivity contribution in [1.29, 1.82) is 0 Å². The summed E-state index contributed by atoms with van der Waals surface area (Å²) in [7, 11) is 1.53. The number of amides is 2. The summed E-state index contributed by atoms with van der Waals surface area (Å²) in [6.45, 7) is 6.45. The van der Waals surface area contributed by atoms with Gasteiger partial charge in [0.15, 0.2) is 0 Å². The molecule has 1 atom stereocenters. The van der Waals surface area contributed by atoms with E-state index in [1.54, 1.807) is 0 Å². The Morgan fingerprint density at radius 3 is 2.17 bits per heavy atom. The van der Waals surface area contributed by atoms with Crippen LogP contribution in [-0.4, -0.2) is 65.7 Å². The fourth-order valence-electron chi connectivity index (χ4n) is 4.28. The van der Waals surface area contributed by atoms with Gasteiger partial charge in [-0.3, -0.25) is 4.79 Å². The number of carbonyl (C=O) groups is 3. The first-order chi connectivity index (χ1) is 16.6. The number of hydrogen-bond donors (Lipinski definition) is 2. The number of nitrogens with zero attached hydrogens (tertiary/aromatic N) is 1. The van der Waals surface area contributed by atoms with Crippen LogP contribution >= 0.6 is 11.8 Å². The molecule has 8 heteroatoms. The summed E-state index contributed by atoms with van der Waals surface area (Å²) in [6, 6.07) is 15.5. The number of alkyl carbamates (subject to hydrolysis) is 1. The van der Waals surface area contributed by atoms with E-state index in [0.717, 1.165) is 11.1 Å². The number of hydrogen-bond acceptors (Lipinski definition) is 5. The maximum atomic E-state index is 12.5. The fraction of sp³-hybridized carbons (Fsp3) is 0.444. The molecule has 188 valence electrons. The molecule has 2 aromatic carbocycles. The van der Waals surface area contributed by atoms with Crippen molar-refractivity contribution in [3.05, 3.63) is 59.7 Å². The largest absolute Gasteiger partial charge is 0.480 e. The van der Waals surface area contributed by atoms with Crippen LogP contribution in [0.25, 0.3) is 11.1 Å². The van der Waals surface area contributed by atoms with Crippen molar-refractivity contribution in [3.63, 3.8) is 0 Å². The third kappa shape index (κ3) is 7.01. The molecule has 3 rings (SSSR count). The average molecular weight is 499 g/mol. The van der Waals surface area contributed by atoms with Crippen LogP contribution in [0.1, 0.15) is 44.2 Å². The Morgan fingerprint density at radius 2 is 1.63 bits per heavy atom. The molecule has 0 fully saturated rings. The van der Waals surface area contributed by atoms with E-state index in [9.17, 15) is 19.5 Å². The quantitative estimate of drug-likeness (QED) is 0.465. The van der Waals surface area contributed by atoms with Gasteiger partial charge in [0.25, 0.3) is 0 Å². The number of carboxylic acid groups (broad SMARTS) is 1. The summed E-state index contributed by atoms with van der Waals surface area (Å²) in [5, 5.41) is 12.2. The van der Waals surface area contributed by atoms with E-state index in [1.807, 2.05) is 45.0 Å². The summed E-state index contributed by atoms with van der Waals surface area (Å²) in [5.74, 6) is -0.575.